The lowest BCUT2D eigenvalue weighted by molar-refractivity contribution is 0.130. The van der Waals surface area contributed by atoms with Gasteiger partial charge in [-0.1, -0.05) is 0 Å². The van der Waals surface area contributed by atoms with Crippen molar-refractivity contribution in [2.24, 2.45) is 16.8 Å². The molecule has 4 N–H and O–H groups in total. The SMILES string of the molecule is CC1(C)CCC(CN)CN1S(N)(=O)=O. The van der Waals surface area contributed by atoms with Crippen molar-refractivity contribution in [3.63, 3.8) is 0 Å². The molecule has 1 unspecified atom stereocenters. The molecule has 0 bridgehead atoms. The zero-order valence-corrected chi connectivity index (χ0v) is 9.55. The Labute approximate surface area is 85.6 Å². The van der Waals surface area contributed by atoms with Crippen LogP contribution in [0.15, 0.2) is 0 Å². The van der Waals surface area contributed by atoms with E-state index in [0.717, 1.165) is 12.8 Å². The van der Waals surface area contributed by atoms with Crippen LogP contribution in [0.5, 0.6) is 0 Å². The molecule has 0 aliphatic carbocycles. The van der Waals surface area contributed by atoms with Crippen LogP contribution in [0.25, 0.3) is 0 Å². The Balaban J connectivity index is 2.88. The minimum Gasteiger partial charge on any atom is -0.330 e. The summed E-state index contributed by atoms with van der Waals surface area (Å²) in [5.41, 5.74) is 5.16. The summed E-state index contributed by atoms with van der Waals surface area (Å²) < 4.78 is 24.0. The maximum Gasteiger partial charge on any atom is 0.277 e. The molecule has 0 radical (unpaired) electrons. The Morgan fingerprint density at radius 2 is 2.07 bits per heavy atom. The zero-order chi connectivity index (χ0) is 11.0. The first kappa shape index (κ1) is 11.9. The Bertz CT molecular complexity index is 300. The van der Waals surface area contributed by atoms with E-state index in [0.29, 0.717) is 13.1 Å². The molecule has 1 aliphatic heterocycles. The molecular weight excluding hydrogens is 202 g/mol. The lowest BCUT2D eigenvalue weighted by Crippen LogP contribution is -2.56. The molecule has 0 aromatic rings. The van der Waals surface area contributed by atoms with Gasteiger partial charge < -0.3 is 5.73 Å². The van der Waals surface area contributed by atoms with Gasteiger partial charge in [0.25, 0.3) is 10.2 Å². The Morgan fingerprint density at radius 3 is 2.50 bits per heavy atom. The van der Waals surface area contributed by atoms with Crippen LogP contribution in [0, 0.1) is 5.92 Å². The summed E-state index contributed by atoms with van der Waals surface area (Å²) in [6.07, 6.45) is 1.78. The largest absolute Gasteiger partial charge is 0.330 e. The van der Waals surface area contributed by atoms with Crippen molar-refractivity contribution in [3.05, 3.63) is 0 Å². The molecule has 84 valence electrons. The molecule has 0 aromatic heterocycles. The predicted molar refractivity (Wildman–Crippen MR) is 55.7 cm³/mol. The molecule has 1 atom stereocenters. The van der Waals surface area contributed by atoms with Gasteiger partial charge in [0, 0.05) is 12.1 Å². The van der Waals surface area contributed by atoms with Gasteiger partial charge in [-0.2, -0.15) is 12.7 Å². The maximum absolute atomic E-state index is 11.3. The van der Waals surface area contributed by atoms with E-state index in [-0.39, 0.29) is 11.5 Å². The van der Waals surface area contributed by atoms with Gasteiger partial charge in [-0.3, -0.25) is 0 Å². The molecule has 1 aliphatic rings. The first-order valence-corrected chi connectivity index (χ1v) is 6.28. The van der Waals surface area contributed by atoms with Gasteiger partial charge in [0.2, 0.25) is 0 Å². The second-order valence-corrected chi connectivity index (χ2v) is 6.00. The van der Waals surface area contributed by atoms with Crippen LogP contribution in [0.1, 0.15) is 26.7 Å². The van der Waals surface area contributed by atoms with E-state index in [1.165, 1.54) is 4.31 Å². The average molecular weight is 221 g/mol. The third-order valence-corrected chi connectivity index (χ3v) is 4.16. The van der Waals surface area contributed by atoms with E-state index in [4.69, 9.17) is 10.9 Å². The Hall–Kier alpha value is -0.170. The normalized spacial score (nSPS) is 29.0. The average Bonchev–Trinajstić information content (AvgIpc) is 2.01. The quantitative estimate of drug-likeness (QED) is 0.667. The van der Waals surface area contributed by atoms with E-state index in [9.17, 15) is 8.42 Å². The number of hydrogen-bond donors (Lipinski definition) is 2. The summed E-state index contributed by atoms with van der Waals surface area (Å²) in [6.45, 7) is 4.75. The third-order valence-electron chi connectivity index (χ3n) is 2.90. The van der Waals surface area contributed by atoms with Gasteiger partial charge in [0.05, 0.1) is 0 Å². The number of rotatable bonds is 2. The van der Waals surface area contributed by atoms with Crippen LogP contribution < -0.4 is 10.9 Å². The van der Waals surface area contributed by atoms with Crippen LogP contribution >= 0.6 is 0 Å². The minimum atomic E-state index is -3.60. The highest BCUT2D eigenvalue weighted by atomic mass is 32.2. The van der Waals surface area contributed by atoms with Crippen molar-refractivity contribution in [2.45, 2.75) is 32.2 Å². The van der Waals surface area contributed by atoms with Crippen molar-refractivity contribution in [1.82, 2.24) is 4.31 Å². The second-order valence-electron chi connectivity index (χ2n) is 4.53. The van der Waals surface area contributed by atoms with Crippen molar-refractivity contribution >= 4 is 10.2 Å². The summed E-state index contributed by atoms with van der Waals surface area (Å²) in [4.78, 5) is 0. The Kier molecular flexibility index (Phi) is 3.20. The van der Waals surface area contributed by atoms with Crippen LogP contribution in [0.2, 0.25) is 0 Å². The Morgan fingerprint density at radius 1 is 1.50 bits per heavy atom. The summed E-state index contributed by atoms with van der Waals surface area (Å²) in [7, 11) is -3.60. The maximum atomic E-state index is 11.3. The van der Waals surface area contributed by atoms with Crippen LogP contribution in [0.4, 0.5) is 0 Å². The van der Waals surface area contributed by atoms with Crippen molar-refractivity contribution in [3.8, 4) is 0 Å². The molecule has 0 aromatic carbocycles. The first-order chi connectivity index (χ1) is 6.27. The molecule has 1 rings (SSSR count). The second kappa shape index (κ2) is 3.77. The fourth-order valence-corrected chi connectivity index (χ4v) is 3.09. The molecule has 0 spiro atoms. The highest BCUT2D eigenvalue weighted by molar-refractivity contribution is 7.86. The van der Waals surface area contributed by atoms with Gasteiger partial charge in [-0.05, 0) is 39.2 Å². The highest BCUT2D eigenvalue weighted by Crippen LogP contribution is 2.31. The minimum absolute atomic E-state index is 0.237. The molecule has 0 amide bonds. The zero-order valence-electron chi connectivity index (χ0n) is 8.73. The van der Waals surface area contributed by atoms with Gasteiger partial charge in [-0.15, -0.1) is 0 Å². The fraction of sp³-hybridized carbons (Fsp3) is 1.00. The van der Waals surface area contributed by atoms with Gasteiger partial charge in [0.15, 0.2) is 0 Å². The lowest BCUT2D eigenvalue weighted by atomic mass is 9.87. The van der Waals surface area contributed by atoms with Gasteiger partial charge >= 0.3 is 0 Å². The van der Waals surface area contributed by atoms with E-state index < -0.39 is 10.2 Å². The van der Waals surface area contributed by atoms with Gasteiger partial charge in [-0.25, -0.2) is 5.14 Å². The van der Waals surface area contributed by atoms with Crippen LogP contribution in [-0.2, 0) is 10.2 Å². The molecular formula is C8H19N3O2S. The van der Waals surface area contributed by atoms with Crippen LogP contribution in [-0.4, -0.2) is 31.4 Å². The monoisotopic (exact) mass is 221 g/mol. The topological polar surface area (TPSA) is 89.4 Å². The first-order valence-electron chi connectivity index (χ1n) is 4.78. The predicted octanol–water partition coefficient (Wildman–Crippen LogP) is -0.361. The smallest absolute Gasteiger partial charge is 0.277 e. The van der Waals surface area contributed by atoms with E-state index in [1.807, 2.05) is 13.8 Å². The number of nitrogens with zero attached hydrogens (tertiary/aromatic N) is 1. The summed E-state index contributed by atoms with van der Waals surface area (Å²) in [5, 5.41) is 5.16. The summed E-state index contributed by atoms with van der Waals surface area (Å²) >= 11 is 0. The van der Waals surface area contributed by atoms with E-state index in [1.54, 1.807) is 0 Å². The molecule has 6 heteroatoms. The molecule has 1 fully saturated rings. The number of nitrogens with two attached hydrogens (primary N) is 2. The van der Waals surface area contributed by atoms with Gasteiger partial charge in [0.1, 0.15) is 0 Å². The standard InChI is InChI=1S/C8H19N3O2S/c1-8(2)4-3-7(5-9)6-11(8)14(10,12)13/h7H,3-6,9H2,1-2H3,(H2,10,12,13). The molecule has 14 heavy (non-hydrogen) atoms. The van der Waals surface area contributed by atoms with Crippen molar-refractivity contribution < 1.29 is 8.42 Å². The molecule has 1 heterocycles. The van der Waals surface area contributed by atoms with E-state index in [2.05, 4.69) is 0 Å². The van der Waals surface area contributed by atoms with Crippen molar-refractivity contribution in [2.75, 3.05) is 13.1 Å². The highest BCUT2D eigenvalue weighted by Gasteiger charge is 2.39. The third kappa shape index (κ3) is 2.44. The number of piperidine rings is 1. The molecule has 0 saturated carbocycles. The number of hydrogen-bond acceptors (Lipinski definition) is 3. The summed E-state index contributed by atoms with van der Waals surface area (Å²) in [6, 6.07) is 0. The molecule has 1 saturated heterocycles. The van der Waals surface area contributed by atoms with Crippen LogP contribution in [0.3, 0.4) is 0 Å². The summed E-state index contributed by atoms with van der Waals surface area (Å²) in [5.74, 6) is 0.237. The molecule has 5 nitrogen and oxygen atoms in total. The van der Waals surface area contributed by atoms with E-state index >= 15 is 0 Å². The lowest BCUT2D eigenvalue weighted by Gasteiger charge is -2.43. The fourth-order valence-electron chi connectivity index (χ4n) is 1.90. The van der Waals surface area contributed by atoms with Crippen molar-refractivity contribution in [1.29, 1.82) is 0 Å².